The van der Waals surface area contributed by atoms with E-state index in [0.29, 0.717) is 17.2 Å². The molecule has 5 nitrogen and oxygen atoms in total. The predicted molar refractivity (Wildman–Crippen MR) is 68.4 cm³/mol. The van der Waals surface area contributed by atoms with Crippen molar-refractivity contribution in [2.24, 2.45) is 0 Å². The maximum absolute atomic E-state index is 12.2. The molecule has 1 aliphatic carbocycles. The van der Waals surface area contributed by atoms with Gasteiger partial charge in [0, 0.05) is 16.6 Å². The highest BCUT2D eigenvalue weighted by Gasteiger charge is 2.29. The Morgan fingerprint density at radius 3 is 2.94 bits per heavy atom. The average Bonchev–Trinajstić information content (AvgIpc) is 3.08. The summed E-state index contributed by atoms with van der Waals surface area (Å²) in [4.78, 5) is 16.5. The van der Waals surface area contributed by atoms with Crippen LogP contribution in [0, 0.1) is 0 Å². The Morgan fingerprint density at radius 2 is 2.28 bits per heavy atom. The summed E-state index contributed by atoms with van der Waals surface area (Å²) in [6.07, 6.45) is 6.77. The van der Waals surface area contributed by atoms with E-state index in [1.807, 2.05) is 0 Å². The summed E-state index contributed by atoms with van der Waals surface area (Å²) in [5, 5.41) is 6.27. The van der Waals surface area contributed by atoms with Crippen molar-refractivity contribution in [3.8, 4) is 0 Å². The molecule has 0 spiro atoms. The largest absolute Gasteiger partial charge is 0.363 e. The Bertz CT molecular complexity index is 579. The fraction of sp³-hybridized carbons (Fsp3) is 0.250. The summed E-state index contributed by atoms with van der Waals surface area (Å²) >= 11 is 3.34. The van der Waals surface area contributed by atoms with Gasteiger partial charge in [-0.1, -0.05) is 5.16 Å². The van der Waals surface area contributed by atoms with Gasteiger partial charge in [0.15, 0.2) is 0 Å². The van der Waals surface area contributed by atoms with Crippen LogP contribution in [-0.4, -0.2) is 16.0 Å². The molecule has 1 N–H and O–H groups in total. The third-order valence-corrected chi connectivity index (χ3v) is 3.22. The number of hydrogen-bond acceptors (Lipinski definition) is 4. The number of aromatic nitrogens is 2. The molecule has 6 heteroatoms. The molecule has 1 aliphatic rings. The zero-order valence-corrected chi connectivity index (χ0v) is 11.0. The van der Waals surface area contributed by atoms with Crippen LogP contribution in [-0.2, 0) is 0 Å². The average molecular weight is 308 g/mol. The minimum atomic E-state index is -0.186. The van der Waals surface area contributed by atoms with Gasteiger partial charge in [0.2, 0.25) is 0 Å². The molecule has 0 unspecified atom stereocenters. The Balaban J connectivity index is 1.90. The topological polar surface area (TPSA) is 68.0 Å². The van der Waals surface area contributed by atoms with Gasteiger partial charge < -0.3 is 9.84 Å². The highest BCUT2D eigenvalue weighted by molar-refractivity contribution is 9.10. The minimum absolute atomic E-state index is 0.186. The zero-order chi connectivity index (χ0) is 12.5. The monoisotopic (exact) mass is 307 g/mol. The number of nitrogens with one attached hydrogen (secondary N) is 1. The number of nitrogens with zero attached hydrogens (tertiary/aromatic N) is 2. The van der Waals surface area contributed by atoms with Crippen LogP contribution in [0.1, 0.15) is 34.8 Å². The zero-order valence-electron chi connectivity index (χ0n) is 9.39. The van der Waals surface area contributed by atoms with Crippen molar-refractivity contribution in [1.29, 1.82) is 0 Å². The number of hydrogen-bond donors (Lipinski definition) is 1. The fourth-order valence-corrected chi connectivity index (χ4v) is 2.11. The molecule has 1 saturated carbocycles. The highest BCUT2D eigenvalue weighted by Crippen LogP contribution is 2.41. The van der Waals surface area contributed by atoms with Crippen LogP contribution in [0.4, 0.5) is 5.69 Å². The van der Waals surface area contributed by atoms with Crippen molar-refractivity contribution in [3.63, 3.8) is 0 Å². The lowest BCUT2D eigenvalue weighted by atomic mass is 10.1. The van der Waals surface area contributed by atoms with Crippen LogP contribution in [0.15, 0.2) is 33.7 Å². The number of carbonyl (C=O) groups is 1. The number of amides is 1. The molecule has 3 rings (SSSR count). The van der Waals surface area contributed by atoms with Gasteiger partial charge in [-0.3, -0.25) is 9.78 Å². The van der Waals surface area contributed by atoms with E-state index >= 15 is 0 Å². The number of halogens is 1. The molecular formula is C12H10BrN3O2. The molecule has 0 aromatic carbocycles. The van der Waals surface area contributed by atoms with Crippen LogP contribution in [0.25, 0.3) is 0 Å². The first kappa shape index (κ1) is 11.4. The maximum Gasteiger partial charge on any atom is 0.257 e. The Kier molecular flexibility index (Phi) is 2.87. The van der Waals surface area contributed by atoms with E-state index in [4.69, 9.17) is 0 Å². The summed E-state index contributed by atoms with van der Waals surface area (Å²) in [5.74, 6) is 0.232. The first-order valence-electron chi connectivity index (χ1n) is 5.60. The quantitative estimate of drug-likeness (QED) is 0.946. The third kappa shape index (κ3) is 2.28. The molecule has 1 fully saturated rings. The maximum atomic E-state index is 12.2. The van der Waals surface area contributed by atoms with Crippen molar-refractivity contribution in [3.05, 3.63) is 40.5 Å². The molecule has 18 heavy (non-hydrogen) atoms. The normalized spacial score (nSPS) is 14.5. The van der Waals surface area contributed by atoms with E-state index in [1.165, 1.54) is 12.5 Å². The van der Waals surface area contributed by atoms with Gasteiger partial charge in [0.1, 0.15) is 12.0 Å². The number of rotatable bonds is 3. The van der Waals surface area contributed by atoms with E-state index in [0.717, 1.165) is 23.0 Å². The van der Waals surface area contributed by atoms with E-state index < -0.39 is 0 Å². The van der Waals surface area contributed by atoms with Gasteiger partial charge in [0.25, 0.3) is 5.91 Å². The smallest absolute Gasteiger partial charge is 0.257 e. The molecule has 2 aromatic rings. The van der Waals surface area contributed by atoms with Crippen molar-refractivity contribution in [2.75, 3.05) is 5.32 Å². The summed E-state index contributed by atoms with van der Waals surface area (Å²) in [7, 11) is 0. The van der Waals surface area contributed by atoms with E-state index in [1.54, 1.807) is 12.3 Å². The fourth-order valence-electron chi connectivity index (χ4n) is 1.78. The molecule has 0 bridgehead atoms. The van der Waals surface area contributed by atoms with Crippen molar-refractivity contribution < 1.29 is 9.32 Å². The Morgan fingerprint density at radius 1 is 1.44 bits per heavy atom. The molecule has 0 saturated heterocycles. The highest BCUT2D eigenvalue weighted by atomic mass is 79.9. The van der Waals surface area contributed by atoms with Crippen molar-refractivity contribution in [2.45, 2.75) is 18.8 Å². The van der Waals surface area contributed by atoms with Gasteiger partial charge in [-0.15, -0.1) is 0 Å². The molecule has 0 radical (unpaired) electrons. The van der Waals surface area contributed by atoms with E-state index in [9.17, 15) is 4.79 Å². The van der Waals surface area contributed by atoms with Gasteiger partial charge in [0.05, 0.1) is 17.5 Å². The molecular weight excluding hydrogens is 298 g/mol. The second kappa shape index (κ2) is 4.53. The third-order valence-electron chi connectivity index (χ3n) is 2.78. The SMILES string of the molecule is O=C(Nc1cnoc1)c1cc(Br)cnc1C1CC1. The second-order valence-corrected chi connectivity index (χ2v) is 5.14. The van der Waals surface area contributed by atoms with Crippen molar-refractivity contribution >= 4 is 27.5 Å². The van der Waals surface area contributed by atoms with Gasteiger partial charge in [-0.25, -0.2) is 0 Å². The summed E-state index contributed by atoms with van der Waals surface area (Å²) in [6, 6.07) is 1.80. The summed E-state index contributed by atoms with van der Waals surface area (Å²) in [5.41, 5.74) is 2.02. The second-order valence-electron chi connectivity index (χ2n) is 4.23. The molecule has 1 amide bonds. The predicted octanol–water partition coefficient (Wildman–Crippen LogP) is 2.96. The van der Waals surface area contributed by atoms with Gasteiger partial charge in [-0.05, 0) is 34.8 Å². The lowest BCUT2D eigenvalue weighted by Gasteiger charge is -2.07. The van der Waals surface area contributed by atoms with Crippen LogP contribution in [0.2, 0.25) is 0 Å². The van der Waals surface area contributed by atoms with E-state index in [2.05, 4.69) is 35.9 Å². The van der Waals surface area contributed by atoms with Crippen LogP contribution in [0.5, 0.6) is 0 Å². The number of anilines is 1. The van der Waals surface area contributed by atoms with Gasteiger partial charge >= 0.3 is 0 Å². The van der Waals surface area contributed by atoms with E-state index in [-0.39, 0.29) is 5.91 Å². The molecule has 0 atom stereocenters. The molecule has 0 aliphatic heterocycles. The van der Waals surface area contributed by atoms with Crippen molar-refractivity contribution in [1.82, 2.24) is 10.1 Å². The summed E-state index contributed by atoms with van der Waals surface area (Å²) in [6.45, 7) is 0. The molecule has 2 aromatic heterocycles. The van der Waals surface area contributed by atoms with Crippen LogP contribution < -0.4 is 5.32 Å². The molecule has 92 valence electrons. The lowest BCUT2D eigenvalue weighted by Crippen LogP contribution is -2.14. The van der Waals surface area contributed by atoms with Crippen LogP contribution in [0.3, 0.4) is 0 Å². The lowest BCUT2D eigenvalue weighted by molar-refractivity contribution is 0.102. The minimum Gasteiger partial charge on any atom is -0.363 e. The van der Waals surface area contributed by atoms with Crippen LogP contribution >= 0.6 is 15.9 Å². The Hall–Kier alpha value is -1.69. The first-order chi connectivity index (χ1) is 8.74. The Labute approximate surface area is 112 Å². The number of carbonyl (C=O) groups excluding carboxylic acids is 1. The summed E-state index contributed by atoms with van der Waals surface area (Å²) < 4.78 is 5.47. The standard InChI is InChI=1S/C12H10BrN3O2/c13-8-3-10(11(14-4-8)7-1-2-7)12(17)16-9-5-15-18-6-9/h3-7H,1-2H2,(H,16,17). The molecule has 2 heterocycles. The van der Waals surface area contributed by atoms with Gasteiger partial charge in [-0.2, -0.15) is 0 Å². The first-order valence-corrected chi connectivity index (χ1v) is 6.39. The number of pyridine rings is 1.